The van der Waals surface area contributed by atoms with Crippen LogP contribution in [0.15, 0.2) is 72.9 Å². The van der Waals surface area contributed by atoms with Crippen molar-refractivity contribution in [3.63, 3.8) is 0 Å². The van der Waals surface area contributed by atoms with Crippen LogP contribution >= 0.6 is 0 Å². The van der Waals surface area contributed by atoms with Crippen molar-refractivity contribution >= 4 is 5.97 Å². The second kappa shape index (κ2) is 53.5. The molecular formula is C61H111NO2. The molecule has 0 aliphatic heterocycles. The predicted octanol–water partition coefficient (Wildman–Crippen LogP) is 20.1. The Morgan fingerprint density at radius 2 is 0.688 bits per heavy atom. The molecule has 0 N–H and O–H groups in total. The summed E-state index contributed by atoms with van der Waals surface area (Å²) in [6.45, 7) is 7.85. The van der Waals surface area contributed by atoms with Crippen LogP contribution in [0.5, 0.6) is 0 Å². The highest BCUT2D eigenvalue weighted by molar-refractivity contribution is 5.69. The molecule has 0 saturated carbocycles. The number of hydrogen-bond donors (Lipinski definition) is 0. The Hall–Kier alpha value is -2.13. The van der Waals surface area contributed by atoms with Crippen molar-refractivity contribution < 1.29 is 9.53 Å². The van der Waals surface area contributed by atoms with E-state index >= 15 is 0 Å². The van der Waals surface area contributed by atoms with Crippen LogP contribution in [0.4, 0.5) is 0 Å². The van der Waals surface area contributed by atoms with E-state index in [0.717, 1.165) is 45.1 Å². The molecule has 3 heteroatoms. The molecule has 64 heavy (non-hydrogen) atoms. The fraction of sp³-hybridized carbons (Fsp3) is 0.787. The number of esters is 1. The summed E-state index contributed by atoms with van der Waals surface area (Å²) in [6.07, 6.45) is 77.6. The maximum absolute atomic E-state index is 13.3. The van der Waals surface area contributed by atoms with Crippen LogP contribution < -0.4 is 0 Å². The first kappa shape index (κ1) is 61.9. The lowest BCUT2D eigenvalue weighted by atomic mass is 9.87. The van der Waals surface area contributed by atoms with Gasteiger partial charge in [0.25, 0.3) is 0 Å². The number of unbranched alkanes of at least 4 members (excludes halogenated alkanes) is 26. The Morgan fingerprint density at radius 3 is 1.03 bits per heavy atom. The van der Waals surface area contributed by atoms with Crippen molar-refractivity contribution in [2.75, 3.05) is 20.6 Å². The lowest BCUT2D eigenvalue weighted by Gasteiger charge is -2.28. The van der Waals surface area contributed by atoms with Gasteiger partial charge in [-0.1, -0.05) is 209 Å². The quantitative estimate of drug-likeness (QED) is 0.0346. The highest BCUT2D eigenvalue weighted by Crippen LogP contribution is 2.28. The van der Waals surface area contributed by atoms with Crippen molar-refractivity contribution in [1.82, 2.24) is 4.90 Å². The first-order valence-electron chi connectivity index (χ1n) is 28.3. The minimum absolute atomic E-state index is 0.0495. The van der Waals surface area contributed by atoms with Gasteiger partial charge < -0.3 is 9.64 Å². The summed E-state index contributed by atoms with van der Waals surface area (Å²) in [5.74, 6) is 0.550. The third-order valence-corrected chi connectivity index (χ3v) is 12.8. The van der Waals surface area contributed by atoms with E-state index in [1.54, 1.807) is 0 Å². The van der Waals surface area contributed by atoms with E-state index in [1.165, 1.54) is 212 Å². The molecule has 2 unspecified atom stereocenters. The summed E-state index contributed by atoms with van der Waals surface area (Å²) in [7, 11) is 4.23. The molecule has 0 aromatic heterocycles. The molecule has 0 heterocycles. The Bertz CT molecular complexity index is 1110. The molecule has 0 aromatic rings. The van der Waals surface area contributed by atoms with E-state index in [-0.39, 0.29) is 12.1 Å². The first-order valence-corrected chi connectivity index (χ1v) is 28.3. The van der Waals surface area contributed by atoms with Crippen LogP contribution in [0.25, 0.3) is 0 Å². The topological polar surface area (TPSA) is 29.5 Å². The Kier molecular flexibility index (Phi) is 51.7. The number of allylic oxidation sites excluding steroid dienone is 12. The molecule has 0 spiro atoms. The molecule has 0 radical (unpaired) electrons. The minimum Gasteiger partial charge on any atom is -0.462 e. The third kappa shape index (κ3) is 49.3. The molecule has 2 atom stereocenters. The predicted molar refractivity (Wildman–Crippen MR) is 288 cm³/mol. The molecule has 0 rings (SSSR count). The molecule has 0 amide bonds. The maximum atomic E-state index is 13.3. The van der Waals surface area contributed by atoms with Gasteiger partial charge in [-0.3, -0.25) is 4.79 Å². The van der Waals surface area contributed by atoms with Crippen LogP contribution in [-0.4, -0.2) is 37.6 Å². The molecular weight excluding hydrogens is 779 g/mol. The summed E-state index contributed by atoms with van der Waals surface area (Å²) >= 11 is 0. The summed E-state index contributed by atoms with van der Waals surface area (Å²) < 4.78 is 6.50. The van der Waals surface area contributed by atoms with Crippen LogP contribution in [0.3, 0.4) is 0 Å². The number of nitrogens with zero attached hydrogens (tertiary/aromatic N) is 1. The smallest absolute Gasteiger partial charge is 0.306 e. The van der Waals surface area contributed by atoms with E-state index in [1.807, 2.05) is 0 Å². The standard InChI is InChI=1S/C61H111NO2/c1-6-9-12-15-18-21-24-27-30-33-35-38-41-44-47-50-55-59(54-49-46-43-40-37-34-31-28-25-22-19-16-13-10-7-2)60(64-61(63)57-52-53-58-62(4)5)56-51-48-45-42-39-36-32-29-26-23-20-17-14-11-8-3/h18-23,27-32,59-60H,6-17,24-26,33-58H2,1-5H3/b21-18-,22-19-,23-20-,30-27-,31-28-,32-29-. The summed E-state index contributed by atoms with van der Waals surface area (Å²) in [4.78, 5) is 15.6. The van der Waals surface area contributed by atoms with E-state index in [0.29, 0.717) is 12.3 Å². The normalized spacial score (nSPS) is 13.5. The monoisotopic (exact) mass is 890 g/mol. The van der Waals surface area contributed by atoms with Gasteiger partial charge in [-0.05, 0) is 161 Å². The third-order valence-electron chi connectivity index (χ3n) is 12.8. The zero-order valence-corrected chi connectivity index (χ0v) is 43.8. The average Bonchev–Trinajstić information content (AvgIpc) is 3.29. The van der Waals surface area contributed by atoms with Crippen LogP contribution in [0.2, 0.25) is 0 Å². The van der Waals surface area contributed by atoms with E-state index < -0.39 is 0 Å². The number of carbonyl (C=O) groups is 1. The lowest BCUT2D eigenvalue weighted by molar-refractivity contribution is -0.153. The summed E-state index contributed by atoms with van der Waals surface area (Å²) in [5.41, 5.74) is 0. The maximum Gasteiger partial charge on any atom is 0.306 e. The van der Waals surface area contributed by atoms with Gasteiger partial charge in [-0.15, -0.1) is 0 Å². The van der Waals surface area contributed by atoms with E-state index in [4.69, 9.17) is 4.74 Å². The number of hydrogen-bond acceptors (Lipinski definition) is 3. The van der Waals surface area contributed by atoms with Gasteiger partial charge in [0.2, 0.25) is 0 Å². The minimum atomic E-state index is 0.0495. The second-order valence-electron chi connectivity index (χ2n) is 19.5. The van der Waals surface area contributed by atoms with Crippen LogP contribution in [0.1, 0.15) is 278 Å². The molecule has 0 aliphatic rings. The Labute approximate surface area is 402 Å². The summed E-state index contributed by atoms with van der Waals surface area (Å²) in [6, 6.07) is 0. The van der Waals surface area contributed by atoms with Crippen molar-refractivity contribution in [2.45, 2.75) is 284 Å². The fourth-order valence-electron chi connectivity index (χ4n) is 8.60. The Morgan fingerprint density at radius 1 is 0.375 bits per heavy atom. The molecule has 0 fully saturated rings. The highest BCUT2D eigenvalue weighted by Gasteiger charge is 2.24. The molecule has 0 saturated heterocycles. The van der Waals surface area contributed by atoms with Gasteiger partial charge in [-0.25, -0.2) is 0 Å². The molecule has 0 aliphatic carbocycles. The van der Waals surface area contributed by atoms with Gasteiger partial charge in [0.1, 0.15) is 6.10 Å². The van der Waals surface area contributed by atoms with Gasteiger partial charge >= 0.3 is 5.97 Å². The fourth-order valence-corrected chi connectivity index (χ4v) is 8.60. The molecule has 372 valence electrons. The zero-order chi connectivity index (χ0) is 46.5. The van der Waals surface area contributed by atoms with E-state index in [9.17, 15) is 4.79 Å². The first-order chi connectivity index (χ1) is 31.5. The largest absolute Gasteiger partial charge is 0.462 e. The van der Waals surface area contributed by atoms with Crippen molar-refractivity contribution in [3.8, 4) is 0 Å². The number of carbonyl (C=O) groups excluding carboxylic acids is 1. The van der Waals surface area contributed by atoms with Crippen molar-refractivity contribution in [1.29, 1.82) is 0 Å². The average molecular weight is 891 g/mol. The Balaban J connectivity index is 5.05. The molecule has 0 bridgehead atoms. The van der Waals surface area contributed by atoms with E-state index in [2.05, 4.69) is 113 Å². The SMILES string of the molecule is CCCCC/C=C\C/C=C\CCCCCCCCC(CCCCCCC/C=C\C/C=C\CCCCC)C(CCCCCCC/C=C\C/C=C\CCCCC)OC(=O)CCCCN(C)C. The molecule has 0 aromatic carbocycles. The van der Waals surface area contributed by atoms with Crippen LogP contribution in [0, 0.1) is 5.92 Å². The lowest BCUT2D eigenvalue weighted by Crippen LogP contribution is -2.27. The summed E-state index contributed by atoms with van der Waals surface area (Å²) in [5, 5.41) is 0. The van der Waals surface area contributed by atoms with Gasteiger partial charge in [0, 0.05) is 6.42 Å². The van der Waals surface area contributed by atoms with Gasteiger partial charge in [-0.2, -0.15) is 0 Å². The van der Waals surface area contributed by atoms with Gasteiger partial charge in [0.05, 0.1) is 0 Å². The van der Waals surface area contributed by atoms with Gasteiger partial charge in [0.15, 0.2) is 0 Å². The second-order valence-corrected chi connectivity index (χ2v) is 19.5. The van der Waals surface area contributed by atoms with Crippen molar-refractivity contribution in [3.05, 3.63) is 72.9 Å². The van der Waals surface area contributed by atoms with Crippen molar-refractivity contribution in [2.24, 2.45) is 5.92 Å². The van der Waals surface area contributed by atoms with Crippen LogP contribution in [-0.2, 0) is 9.53 Å². The zero-order valence-electron chi connectivity index (χ0n) is 43.8. The number of ether oxygens (including phenoxy) is 1. The number of rotatable bonds is 50. The highest BCUT2D eigenvalue weighted by atomic mass is 16.5. The molecule has 3 nitrogen and oxygen atoms in total.